The van der Waals surface area contributed by atoms with Crippen LogP contribution in [0.15, 0.2) is 29.2 Å². The van der Waals surface area contributed by atoms with Crippen molar-refractivity contribution in [2.24, 2.45) is 0 Å². The van der Waals surface area contributed by atoms with Crippen molar-refractivity contribution in [3.8, 4) is 0 Å². The third-order valence-electron chi connectivity index (χ3n) is 2.68. The highest BCUT2D eigenvalue weighted by atomic mass is 32.2. The van der Waals surface area contributed by atoms with Crippen molar-refractivity contribution in [2.45, 2.75) is 28.6 Å². The molecule has 0 bridgehead atoms. The van der Waals surface area contributed by atoms with Crippen LogP contribution < -0.4 is 5.32 Å². The summed E-state index contributed by atoms with van der Waals surface area (Å²) in [6.07, 6.45) is -3.87. The third-order valence-corrected chi connectivity index (χ3v) is 3.94. The molecule has 1 aliphatic heterocycles. The molecular weight excluding hydrogens is 242 g/mol. The minimum atomic E-state index is -1.38. The molecule has 1 heterocycles. The van der Waals surface area contributed by atoms with Crippen LogP contribution in [0.5, 0.6) is 0 Å². The number of fused-ring (bicyclic) bond motifs is 1. The molecule has 0 aromatic heterocycles. The van der Waals surface area contributed by atoms with Crippen molar-refractivity contribution in [3.63, 3.8) is 0 Å². The maximum absolute atomic E-state index is 9.89. The lowest BCUT2D eigenvalue weighted by atomic mass is 10.1. The normalized spacial score (nSPS) is 23.6. The molecule has 5 N–H and O–H groups in total. The van der Waals surface area contributed by atoms with Crippen molar-refractivity contribution in [1.82, 2.24) is 0 Å². The summed E-state index contributed by atoms with van der Waals surface area (Å²) in [6, 6.07) is 7.56. The Labute approximate surface area is 103 Å². The maximum atomic E-state index is 9.89. The number of anilines is 1. The Kier molecular flexibility index (Phi) is 3.90. The maximum Gasteiger partial charge on any atom is 0.112 e. The average Bonchev–Trinajstić information content (AvgIpc) is 2.79. The number of hydrogen-bond donors (Lipinski definition) is 5. The summed E-state index contributed by atoms with van der Waals surface area (Å²) >= 11 is 1.39. The first kappa shape index (κ1) is 12.7. The zero-order valence-corrected chi connectivity index (χ0v) is 9.84. The van der Waals surface area contributed by atoms with Crippen LogP contribution in [0, 0.1) is 0 Å². The van der Waals surface area contributed by atoms with Gasteiger partial charge in [-0.25, -0.2) is 0 Å². The number of hydrogen-bond acceptors (Lipinski definition) is 6. The monoisotopic (exact) mass is 257 g/mol. The Hall–Kier alpha value is -0.790. The summed E-state index contributed by atoms with van der Waals surface area (Å²) in [5.74, 6) is 0. The van der Waals surface area contributed by atoms with Gasteiger partial charge in [0.15, 0.2) is 0 Å². The van der Waals surface area contributed by atoms with Gasteiger partial charge in [0.05, 0.1) is 6.61 Å². The van der Waals surface area contributed by atoms with Crippen LogP contribution in [0.1, 0.15) is 0 Å². The summed E-state index contributed by atoms with van der Waals surface area (Å²) < 4.78 is 0. The minimum absolute atomic E-state index is 0.427. The largest absolute Gasteiger partial charge is 0.394 e. The van der Waals surface area contributed by atoms with Crippen molar-refractivity contribution in [3.05, 3.63) is 24.3 Å². The predicted octanol–water partition coefficient (Wildman–Crippen LogP) is -0.395. The molecule has 5 nitrogen and oxygen atoms in total. The number of aliphatic hydroxyl groups excluding tert-OH is 4. The predicted molar refractivity (Wildman–Crippen MR) is 64.8 cm³/mol. The van der Waals surface area contributed by atoms with E-state index >= 15 is 0 Å². The second-order valence-corrected chi connectivity index (χ2v) is 5.09. The number of aliphatic hydroxyl groups is 4. The molecule has 6 heteroatoms. The minimum Gasteiger partial charge on any atom is -0.394 e. The summed E-state index contributed by atoms with van der Waals surface area (Å²) in [4.78, 5) is 0.988. The first-order chi connectivity index (χ1) is 8.13. The van der Waals surface area contributed by atoms with Gasteiger partial charge in [-0.15, -0.1) is 0 Å². The van der Waals surface area contributed by atoms with Crippen LogP contribution in [0.25, 0.3) is 0 Å². The van der Waals surface area contributed by atoms with Crippen LogP contribution in [0.2, 0.25) is 0 Å². The summed E-state index contributed by atoms with van der Waals surface area (Å²) in [5.41, 5.74) is 0.896. The quantitative estimate of drug-likeness (QED) is 0.504. The van der Waals surface area contributed by atoms with Crippen molar-refractivity contribution >= 4 is 17.4 Å². The molecule has 1 aliphatic rings. The second-order valence-electron chi connectivity index (χ2n) is 3.91. The Bertz CT molecular complexity index is 364. The number of para-hydroxylation sites is 1. The highest BCUT2D eigenvalue weighted by Crippen LogP contribution is 2.39. The fourth-order valence-electron chi connectivity index (χ4n) is 1.68. The Morgan fingerprint density at radius 3 is 2.59 bits per heavy atom. The standard InChI is InChI=1S/C11H15NO4S/c13-5-7(14)9(15)10(16)11-12-6-3-1-2-4-8(6)17-11/h1-4,7,9-16H,5H2/t7-,9-,10+,11-/m0/s1. The number of rotatable bonds is 4. The lowest BCUT2D eigenvalue weighted by Gasteiger charge is -2.25. The van der Waals surface area contributed by atoms with Crippen LogP contribution in [-0.4, -0.2) is 50.7 Å². The van der Waals surface area contributed by atoms with Crippen molar-refractivity contribution in [1.29, 1.82) is 0 Å². The Morgan fingerprint density at radius 2 is 1.94 bits per heavy atom. The molecule has 0 saturated heterocycles. The van der Waals surface area contributed by atoms with Crippen LogP contribution in [0.4, 0.5) is 5.69 Å². The lowest BCUT2D eigenvalue weighted by Crippen LogP contribution is -2.46. The zero-order valence-electron chi connectivity index (χ0n) is 9.02. The third kappa shape index (κ3) is 2.56. The van der Waals surface area contributed by atoms with E-state index in [1.54, 1.807) is 0 Å². The van der Waals surface area contributed by atoms with Crippen LogP contribution >= 0.6 is 11.8 Å². The van der Waals surface area contributed by atoms with Gasteiger partial charge in [0.1, 0.15) is 23.7 Å². The van der Waals surface area contributed by atoms with E-state index in [1.165, 1.54) is 11.8 Å². The van der Waals surface area contributed by atoms with Crippen molar-refractivity contribution < 1.29 is 20.4 Å². The molecule has 94 valence electrons. The van der Waals surface area contributed by atoms with E-state index in [4.69, 9.17) is 5.11 Å². The number of nitrogens with one attached hydrogen (secondary N) is 1. The second kappa shape index (κ2) is 5.24. The average molecular weight is 257 g/mol. The molecule has 4 atom stereocenters. The topological polar surface area (TPSA) is 93.0 Å². The summed E-state index contributed by atoms with van der Waals surface area (Å²) in [6.45, 7) is -0.581. The molecule has 0 amide bonds. The van der Waals surface area contributed by atoms with Gasteiger partial charge in [-0.05, 0) is 12.1 Å². The molecular formula is C11H15NO4S. The first-order valence-corrected chi connectivity index (χ1v) is 6.18. The van der Waals surface area contributed by atoms with E-state index in [0.717, 1.165) is 10.6 Å². The lowest BCUT2D eigenvalue weighted by molar-refractivity contribution is -0.0741. The highest BCUT2D eigenvalue weighted by Gasteiger charge is 2.35. The van der Waals surface area contributed by atoms with E-state index in [9.17, 15) is 15.3 Å². The van der Waals surface area contributed by atoms with Crippen LogP contribution in [-0.2, 0) is 0 Å². The zero-order chi connectivity index (χ0) is 12.4. The van der Waals surface area contributed by atoms with E-state index < -0.39 is 30.3 Å². The van der Waals surface area contributed by atoms with E-state index in [2.05, 4.69) is 5.32 Å². The molecule has 0 radical (unpaired) electrons. The Morgan fingerprint density at radius 1 is 1.24 bits per heavy atom. The molecule has 17 heavy (non-hydrogen) atoms. The molecule has 1 aromatic carbocycles. The smallest absolute Gasteiger partial charge is 0.112 e. The van der Waals surface area contributed by atoms with Crippen LogP contribution in [0.3, 0.4) is 0 Å². The molecule has 0 fully saturated rings. The van der Waals surface area contributed by atoms with Gasteiger partial charge in [-0.3, -0.25) is 0 Å². The molecule has 0 saturated carbocycles. The van der Waals surface area contributed by atoms with Gasteiger partial charge in [-0.1, -0.05) is 23.9 Å². The van der Waals surface area contributed by atoms with Gasteiger partial charge in [0.2, 0.25) is 0 Å². The first-order valence-electron chi connectivity index (χ1n) is 5.30. The SMILES string of the molecule is OC[C@H](O)[C@H](O)[C@@H](O)[C@H]1Nc2ccccc2S1. The van der Waals surface area contributed by atoms with Crippen molar-refractivity contribution in [2.75, 3.05) is 11.9 Å². The fourth-order valence-corrected chi connectivity index (χ4v) is 2.85. The fraction of sp³-hybridized carbons (Fsp3) is 0.455. The molecule has 0 spiro atoms. The van der Waals surface area contributed by atoms with Gasteiger partial charge in [0.25, 0.3) is 0 Å². The summed E-state index contributed by atoms with van der Waals surface area (Å²) in [7, 11) is 0. The van der Waals surface area contributed by atoms with E-state index in [0.29, 0.717) is 0 Å². The summed E-state index contributed by atoms with van der Waals surface area (Å²) in [5, 5.41) is 40.1. The van der Waals surface area contributed by atoms with E-state index in [-0.39, 0.29) is 0 Å². The number of thioether (sulfide) groups is 1. The van der Waals surface area contributed by atoms with Gasteiger partial charge >= 0.3 is 0 Å². The van der Waals surface area contributed by atoms with Gasteiger partial charge < -0.3 is 25.7 Å². The van der Waals surface area contributed by atoms with Gasteiger partial charge in [0, 0.05) is 10.6 Å². The molecule has 2 rings (SSSR count). The molecule has 0 unspecified atom stereocenters. The highest BCUT2D eigenvalue weighted by molar-refractivity contribution is 8.00. The number of benzene rings is 1. The molecule has 1 aromatic rings. The Balaban J connectivity index is 2.03. The van der Waals surface area contributed by atoms with Gasteiger partial charge in [-0.2, -0.15) is 0 Å². The molecule has 0 aliphatic carbocycles. The van der Waals surface area contributed by atoms with E-state index in [1.807, 2.05) is 24.3 Å².